The zero-order chi connectivity index (χ0) is 17.7. The number of carbonyl (C=O) groups is 1. The number of benzene rings is 1. The quantitative estimate of drug-likeness (QED) is 0.810. The van der Waals surface area contributed by atoms with Gasteiger partial charge in [0.15, 0.2) is 0 Å². The monoisotopic (exact) mass is 330 g/mol. The Morgan fingerprint density at radius 3 is 2.42 bits per heavy atom. The van der Waals surface area contributed by atoms with Gasteiger partial charge in [0.25, 0.3) is 0 Å². The number of aliphatic hydroxyl groups excluding tert-OH is 1. The van der Waals surface area contributed by atoms with E-state index < -0.39 is 6.04 Å². The van der Waals surface area contributed by atoms with Gasteiger partial charge in [-0.15, -0.1) is 0 Å². The molecular formula is C18H26N4O2. The number of hydrogen-bond donors (Lipinski definition) is 2. The van der Waals surface area contributed by atoms with Crippen molar-refractivity contribution in [3.8, 4) is 0 Å². The zero-order valence-corrected chi connectivity index (χ0v) is 14.8. The molecule has 2 N–H and O–H groups in total. The Labute approximate surface area is 143 Å². The predicted octanol–water partition coefficient (Wildman–Crippen LogP) is 1.65. The first-order chi connectivity index (χ1) is 11.4. The molecule has 6 heteroatoms. The number of hydrogen-bond acceptors (Lipinski definition) is 4. The standard InChI is InChI=1S/C18H26N4O2/c1-13-5-7-15(8-6-13)17(21(3)4)18(24)22(9-10-23)11-16-14(2)19-12-20-16/h5-8,12,17,23H,9-11H2,1-4H3,(H,19,20). The summed E-state index contributed by atoms with van der Waals surface area (Å²) >= 11 is 0. The lowest BCUT2D eigenvalue weighted by molar-refractivity contribution is -0.137. The molecule has 2 aromatic rings. The number of aryl methyl sites for hydroxylation is 2. The van der Waals surface area contributed by atoms with Gasteiger partial charge in [0.05, 0.1) is 25.2 Å². The fraction of sp³-hybridized carbons (Fsp3) is 0.444. The average Bonchev–Trinajstić information content (AvgIpc) is 2.94. The van der Waals surface area contributed by atoms with Crippen LogP contribution in [0, 0.1) is 13.8 Å². The minimum absolute atomic E-state index is 0.0414. The van der Waals surface area contributed by atoms with E-state index in [9.17, 15) is 9.90 Å². The van der Waals surface area contributed by atoms with Crippen LogP contribution in [-0.4, -0.2) is 58.0 Å². The van der Waals surface area contributed by atoms with Gasteiger partial charge in [0.2, 0.25) is 5.91 Å². The molecular weight excluding hydrogens is 304 g/mol. The van der Waals surface area contributed by atoms with Crippen LogP contribution in [0.25, 0.3) is 0 Å². The number of rotatable bonds is 7. The Kier molecular flexibility index (Phi) is 6.11. The van der Waals surface area contributed by atoms with E-state index in [1.807, 2.05) is 57.1 Å². The number of aliphatic hydroxyl groups is 1. The Morgan fingerprint density at radius 1 is 1.25 bits per heavy atom. The molecule has 1 unspecified atom stereocenters. The molecule has 1 heterocycles. The van der Waals surface area contributed by atoms with Crippen LogP contribution in [0.15, 0.2) is 30.6 Å². The molecule has 0 aliphatic heterocycles. The van der Waals surface area contributed by atoms with Crippen molar-refractivity contribution in [2.75, 3.05) is 27.2 Å². The number of carbonyl (C=O) groups excluding carboxylic acids is 1. The van der Waals surface area contributed by atoms with E-state index in [1.165, 1.54) is 0 Å². The van der Waals surface area contributed by atoms with Gasteiger partial charge in [-0.2, -0.15) is 0 Å². The van der Waals surface area contributed by atoms with E-state index >= 15 is 0 Å². The Bertz CT molecular complexity index is 664. The third-order valence-electron chi connectivity index (χ3n) is 4.10. The van der Waals surface area contributed by atoms with Crippen LogP contribution in [0.4, 0.5) is 0 Å². The molecule has 0 saturated carbocycles. The van der Waals surface area contributed by atoms with Gasteiger partial charge in [-0.1, -0.05) is 29.8 Å². The van der Waals surface area contributed by atoms with Gasteiger partial charge in [-0.05, 0) is 33.5 Å². The first-order valence-corrected chi connectivity index (χ1v) is 8.05. The highest BCUT2D eigenvalue weighted by molar-refractivity contribution is 5.83. The molecule has 0 spiro atoms. The molecule has 1 amide bonds. The van der Waals surface area contributed by atoms with Gasteiger partial charge >= 0.3 is 0 Å². The number of H-pyrrole nitrogens is 1. The Morgan fingerprint density at radius 2 is 1.92 bits per heavy atom. The smallest absolute Gasteiger partial charge is 0.244 e. The van der Waals surface area contributed by atoms with Gasteiger partial charge in [0.1, 0.15) is 6.04 Å². The maximum absolute atomic E-state index is 13.1. The summed E-state index contributed by atoms with van der Waals surface area (Å²) in [5.41, 5.74) is 3.85. The second kappa shape index (κ2) is 8.08. The van der Waals surface area contributed by atoms with E-state index in [2.05, 4.69) is 9.97 Å². The van der Waals surface area contributed by atoms with Gasteiger partial charge in [-0.3, -0.25) is 9.69 Å². The fourth-order valence-electron chi connectivity index (χ4n) is 2.70. The number of likely N-dealkylation sites (N-methyl/N-ethyl adjacent to an activating group) is 1. The summed E-state index contributed by atoms with van der Waals surface area (Å²) in [4.78, 5) is 24.0. The van der Waals surface area contributed by atoms with E-state index in [4.69, 9.17) is 0 Å². The third kappa shape index (κ3) is 4.21. The Hall–Kier alpha value is -2.18. The number of nitrogens with one attached hydrogen (secondary N) is 1. The van der Waals surface area contributed by atoms with Crippen LogP contribution in [-0.2, 0) is 11.3 Å². The maximum Gasteiger partial charge on any atom is 0.244 e. The molecule has 0 aliphatic carbocycles. The van der Waals surface area contributed by atoms with Crippen molar-refractivity contribution in [1.82, 2.24) is 19.8 Å². The SMILES string of the molecule is Cc1ccc(C(C(=O)N(CCO)Cc2nc[nH]c2C)N(C)C)cc1. The molecule has 0 fully saturated rings. The summed E-state index contributed by atoms with van der Waals surface area (Å²) in [6.45, 7) is 4.53. The van der Waals surface area contributed by atoms with E-state index in [1.54, 1.807) is 11.2 Å². The van der Waals surface area contributed by atoms with Crippen molar-refractivity contribution in [2.45, 2.75) is 26.4 Å². The number of imidazole rings is 1. The summed E-state index contributed by atoms with van der Waals surface area (Å²) in [5, 5.41) is 9.38. The second-order valence-electron chi connectivity index (χ2n) is 6.23. The average molecular weight is 330 g/mol. The molecule has 1 aromatic heterocycles. The Balaban J connectivity index is 2.27. The highest BCUT2D eigenvalue weighted by Crippen LogP contribution is 2.22. The summed E-state index contributed by atoms with van der Waals surface area (Å²) in [6.07, 6.45) is 1.62. The summed E-state index contributed by atoms with van der Waals surface area (Å²) in [7, 11) is 3.78. The summed E-state index contributed by atoms with van der Waals surface area (Å²) in [6, 6.07) is 7.58. The lowest BCUT2D eigenvalue weighted by atomic mass is 10.0. The van der Waals surface area contributed by atoms with E-state index in [0.29, 0.717) is 6.54 Å². The number of aromatic amines is 1. The minimum Gasteiger partial charge on any atom is -0.395 e. The van der Waals surface area contributed by atoms with Crippen molar-refractivity contribution < 1.29 is 9.90 Å². The molecule has 24 heavy (non-hydrogen) atoms. The lowest BCUT2D eigenvalue weighted by Gasteiger charge is -2.30. The van der Waals surface area contributed by atoms with E-state index in [0.717, 1.165) is 22.5 Å². The molecule has 2 rings (SSSR count). The van der Waals surface area contributed by atoms with Crippen LogP contribution in [0.3, 0.4) is 0 Å². The highest BCUT2D eigenvalue weighted by Gasteiger charge is 2.28. The zero-order valence-electron chi connectivity index (χ0n) is 14.8. The van der Waals surface area contributed by atoms with Crippen molar-refractivity contribution in [3.63, 3.8) is 0 Å². The highest BCUT2D eigenvalue weighted by atomic mass is 16.3. The summed E-state index contributed by atoms with van der Waals surface area (Å²) < 4.78 is 0. The van der Waals surface area contributed by atoms with Crippen LogP contribution in [0.1, 0.15) is 28.6 Å². The number of nitrogens with zero attached hydrogens (tertiary/aromatic N) is 3. The van der Waals surface area contributed by atoms with Crippen molar-refractivity contribution in [3.05, 3.63) is 53.1 Å². The summed E-state index contributed by atoms with van der Waals surface area (Å²) in [5.74, 6) is -0.0414. The second-order valence-corrected chi connectivity index (χ2v) is 6.23. The largest absolute Gasteiger partial charge is 0.395 e. The van der Waals surface area contributed by atoms with E-state index in [-0.39, 0.29) is 19.1 Å². The first kappa shape index (κ1) is 18.2. The molecule has 0 radical (unpaired) electrons. The molecule has 0 aliphatic rings. The fourth-order valence-corrected chi connectivity index (χ4v) is 2.70. The van der Waals surface area contributed by atoms with Gasteiger partial charge in [0, 0.05) is 12.2 Å². The van der Waals surface area contributed by atoms with Crippen molar-refractivity contribution >= 4 is 5.91 Å². The van der Waals surface area contributed by atoms with Crippen molar-refractivity contribution in [2.24, 2.45) is 0 Å². The molecule has 6 nitrogen and oxygen atoms in total. The van der Waals surface area contributed by atoms with Crippen LogP contribution >= 0.6 is 0 Å². The maximum atomic E-state index is 13.1. The number of amides is 1. The number of aromatic nitrogens is 2. The molecule has 1 atom stereocenters. The third-order valence-corrected chi connectivity index (χ3v) is 4.10. The van der Waals surface area contributed by atoms with Gasteiger partial charge < -0.3 is 15.0 Å². The topological polar surface area (TPSA) is 72.5 Å². The lowest BCUT2D eigenvalue weighted by Crippen LogP contribution is -2.41. The van der Waals surface area contributed by atoms with Crippen molar-refractivity contribution in [1.29, 1.82) is 0 Å². The first-order valence-electron chi connectivity index (χ1n) is 8.05. The van der Waals surface area contributed by atoms with Crippen LogP contribution in [0.5, 0.6) is 0 Å². The minimum atomic E-state index is -0.392. The van der Waals surface area contributed by atoms with Gasteiger partial charge in [-0.25, -0.2) is 4.98 Å². The van der Waals surface area contributed by atoms with Crippen LogP contribution in [0.2, 0.25) is 0 Å². The molecule has 0 saturated heterocycles. The molecule has 0 bridgehead atoms. The predicted molar refractivity (Wildman–Crippen MR) is 93.4 cm³/mol. The molecule has 130 valence electrons. The molecule has 1 aromatic carbocycles. The normalized spacial score (nSPS) is 12.4. The van der Waals surface area contributed by atoms with Crippen LogP contribution < -0.4 is 0 Å².